The van der Waals surface area contributed by atoms with Gasteiger partial charge in [0.05, 0.1) is 6.61 Å². The number of nitrogens with zero attached hydrogens (tertiary/aromatic N) is 1. The quantitative estimate of drug-likeness (QED) is 0.675. The first-order valence-corrected chi connectivity index (χ1v) is 5.34. The second kappa shape index (κ2) is 5.25. The van der Waals surface area contributed by atoms with Crippen LogP contribution in [0.3, 0.4) is 0 Å². The molecule has 0 fully saturated rings. The van der Waals surface area contributed by atoms with E-state index in [0.29, 0.717) is 0 Å². The van der Waals surface area contributed by atoms with Crippen LogP contribution in [-0.4, -0.2) is 32.1 Å². The zero-order valence-corrected chi connectivity index (χ0v) is 9.36. The van der Waals surface area contributed by atoms with Gasteiger partial charge in [0, 0.05) is 11.4 Å². The maximum Gasteiger partial charge on any atom is 0.173 e. The van der Waals surface area contributed by atoms with Crippen LogP contribution in [0.5, 0.6) is 5.06 Å². The van der Waals surface area contributed by atoms with Crippen molar-refractivity contribution in [3.63, 3.8) is 0 Å². The van der Waals surface area contributed by atoms with Crippen molar-refractivity contribution >= 4 is 11.3 Å². The second-order valence-corrected chi connectivity index (χ2v) is 4.62. The van der Waals surface area contributed by atoms with Crippen LogP contribution in [0.1, 0.15) is 11.3 Å². The largest absolute Gasteiger partial charge is 0.484 e. The summed E-state index contributed by atoms with van der Waals surface area (Å²) < 4.78 is 5.57. The first kappa shape index (κ1) is 10.5. The Kier molecular flexibility index (Phi) is 4.25. The number of ether oxygens (including phenoxy) is 1. The molecule has 1 aromatic heterocycles. The minimum absolute atomic E-state index is 0.818. The molecule has 3 heteroatoms. The van der Waals surface area contributed by atoms with E-state index in [1.165, 1.54) is 4.88 Å². The molecule has 2 nitrogen and oxygen atoms in total. The van der Waals surface area contributed by atoms with Gasteiger partial charge in [0.25, 0.3) is 0 Å². The average molecular weight is 199 g/mol. The minimum Gasteiger partial charge on any atom is -0.484 e. The van der Waals surface area contributed by atoms with E-state index in [4.69, 9.17) is 4.74 Å². The molecule has 0 N–H and O–H groups in total. The number of hydrogen-bond donors (Lipinski definition) is 0. The van der Waals surface area contributed by atoms with Crippen LogP contribution in [0.25, 0.3) is 0 Å². The van der Waals surface area contributed by atoms with Crippen LogP contribution in [-0.2, 0) is 0 Å². The summed E-state index contributed by atoms with van der Waals surface area (Å²) in [5.74, 6) is 0. The van der Waals surface area contributed by atoms with Gasteiger partial charge in [-0.1, -0.05) is 0 Å². The fourth-order valence-electron chi connectivity index (χ4n) is 1.04. The zero-order chi connectivity index (χ0) is 9.68. The zero-order valence-electron chi connectivity index (χ0n) is 8.54. The van der Waals surface area contributed by atoms with Crippen LogP contribution >= 0.6 is 11.3 Å². The molecule has 0 saturated carbocycles. The average Bonchev–Trinajstić information content (AvgIpc) is 2.45. The maximum atomic E-state index is 5.57. The van der Waals surface area contributed by atoms with Crippen LogP contribution < -0.4 is 4.74 Å². The van der Waals surface area contributed by atoms with E-state index in [9.17, 15) is 0 Å². The normalized spacial score (nSPS) is 10.8. The van der Waals surface area contributed by atoms with Gasteiger partial charge in [-0.2, -0.15) is 0 Å². The topological polar surface area (TPSA) is 12.5 Å². The van der Waals surface area contributed by atoms with E-state index in [0.717, 1.165) is 24.6 Å². The number of hydrogen-bond acceptors (Lipinski definition) is 3. The first-order valence-electron chi connectivity index (χ1n) is 4.52. The third-order valence-corrected chi connectivity index (χ3v) is 2.62. The predicted molar refractivity (Wildman–Crippen MR) is 57.7 cm³/mol. The molecule has 0 aliphatic carbocycles. The van der Waals surface area contributed by atoms with E-state index in [1.54, 1.807) is 11.3 Å². The fourth-order valence-corrected chi connectivity index (χ4v) is 1.77. The highest BCUT2D eigenvalue weighted by atomic mass is 32.1. The standard InChI is InChI=1S/C10H17NOS/c1-9-5-6-10(13-9)12-8-4-7-11(2)3/h5-6H,4,7-8H2,1-3H3. The van der Waals surface area contributed by atoms with E-state index >= 15 is 0 Å². The summed E-state index contributed by atoms with van der Waals surface area (Å²) in [4.78, 5) is 3.48. The van der Waals surface area contributed by atoms with E-state index in [2.05, 4.69) is 32.0 Å². The summed E-state index contributed by atoms with van der Waals surface area (Å²) in [6, 6.07) is 4.13. The Hall–Kier alpha value is -0.540. The Balaban J connectivity index is 2.13. The van der Waals surface area contributed by atoms with Crippen molar-refractivity contribution in [1.29, 1.82) is 0 Å². The van der Waals surface area contributed by atoms with Gasteiger partial charge in [-0.25, -0.2) is 0 Å². The van der Waals surface area contributed by atoms with Crippen LogP contribution in [0, 0.1) is 6.92 Å². The molecule has 0 aliphatic rings. The van der Waals surface area contributed by atoms with Crippen molar-refractivity contribution in [2.24, 2.45) is 0 Å². The minimum atomic E-state index is 0.818. The van der Waals surface area contributed by atoms with Gasteiger partial charge in [0.1, 0.15) is 0 Å². The molecule has 0 saturated heterocycles. The van der Waals surface area contributed by atoms with Crippen molar-refractivity contribution in [1.82, 2.24) is 4.90 Å². The third-order valence-electron chi connectivity index (χ3n) is 1.71. The maximum absolute atomic E-state index is 5.57. The summed E-state index contributed by atoms with van der Waals surface area (Å²) in [5, 5.41) is 1.04. The molecule has 0 unspecified atom stereocenters. The lowest BCUT2D eigenvalue weighted by molar-refractivity contribution is 0.288. The number of thiophene rings is 1. The Morgan fingerprint density at radius 1 is 1.38 bits per heavy atom. The first-order chi connectivity index (χ1) is 6.18. The lowest BCUT2D eigenvalue weighted by atomic mass is 10.4. The predicted octanol–water partition coefficient (Wildman–Crippen LogP) is 2.39. The molecule has 0 radical (unpaired) electrons. The van der Waals surface area contributed by atoms with Gasteiger partial charge in [-0.05, 0) is 39.6 Å². The van der Waals surface area contributed by atoms with Crippen LogP contribution in [0.4, 0.5) is 0 Å². The summed E-state index contributed by atoms with van der Waals surface area (Å²) in [7, 11) is 4.16. The molecule has 1 aromatic rings. The monoisotopic (exact) mass is 199 g/mol. The Morgan fingerprint density at radius 2 is 2.15 bits per heavy atom. The number of rotatable bonds is 5. The highest BCUT2D eigenvalue weighted by molar-refractivity contribution is 7.13. The summed E-state index contributed by atoms with van der Waals surface area (Å²) in [6.45, 7) is 4.00. The molecule has 74 valence electrons. The second-order valence-electron chi connectivity index (χ2n) is 3.37. The van der Waals surface area contributed by atoms with Crippen molar-refractivity contribution < 1.29 is 4.74 Å². The summed E-state index contributed by atoms with van der Waals surface area (Å²) in [5.41, 5.74) is 0. The van der Waals surface area contributed by atoms with Gasteiger partial charge in [-0.3, -0.25) is 0 Å². The molecule has 0 bridgehead atoms. The van der Waals surface area contributed by atoms with Gasteiger partial charge in [0.15, 0.2) is 5.06 Å². The molecule has 0 amide bonds. The molecule has 0 aromatic carbocycles. The Labute approximate surface area is 84.1 Å². The number of aryl methyl sites for hydroxylation is 1. The summed E-state index contributed by atoms with van der Waals surface area (Å²) >= 11 is 1.71. The van der Waals surface area contributed by atoms with Gasteiger partial charge in [0.2, 0.25) is 0 Å². The third kappa shape index (κ3) is 4.29. The van der Waals surface area contributed by atoms with Crippen molar-refractivity contribution in [3.05, 3.63) is 17.0 Å². The van der Waals surface area contributed by atoms with Gasteiger partial charge >= 0.3 is 0 Å². The Morgan fingerprint density at radius 3 is 2.69 bits per heavy atom. The van der Waals surface area contributed by atoms with Crippen molar-refractivity contribution in [3.8, 4) is 5.06 Å². The van der Waals surface area contributed by atoms with Crippen molar-refractivity contribution in [2.45, 2.75) is 13.3 Å². The highest BCUT2D eigenvalue weighted by Gasteiger charge is 1.96. The molecular weight excluding hydrogens is 182 g/mol. The molecule has 0 atom stereocenters. The van der Waals surface area contributed by atoms with Crippen LogP contribution in [0.15, 0.2) is 12.1 Å². The van der Waals surface area contributed by atoms with E-state index in [-0.39, 0.29) is 0 Å². The molecule has 13 heavy (non-hydrogen) atoms. The molecule has 0 spiro atoms. The van der Waals surface area contributed by atoms with E-state index in [1.807, 2.05) is 6.07 Å². The van der Waals surface area contributed by atoms with Gasteiger partial charge in [-0.15, -0.1) is 11.3 Å². The highest BCUT2D eigenvalue weighted by Crippen LogP contribution is 2.23. The summed E-state index contributed by atoms with van der Waals surface area (Å²) in [6.07, 6.45) is 1.09. The smallest absolute Gasteiger partial charge is 0.173 e. The molecule has 1 rings (SSSR count). The Bertz CT molecular complexity index is 245. The lowest BCUT2D eigenvalue weighted by Crippen LogP contribution is -2.15. The SMILES string of the molecule is Cc1ccc(OCCCN(C)C)s1. The molecular formula is C10H17NOS. The lowest BCUT2D eigenvalue weighted by Gasteiger charge is -2.08. The van der Waals surface area contributed by atoms with Crippen molar-refractivity contribution in [2.75, 3.05) is 27.2 Å². The van der Waals surface area contributed by atoms with E-state index < -0.39 is 0 Å². The van der Waals surface area contributed by atoms with Gasteiger partial charge < -0.3 is 9.64 Å². The molecule has 1 heterocycles. The van der Waals surface area contributed by atoms with Crippen LogP contribution in [0.2, 0.25) is 0 Å². The molecule has 0 aliphatic heterocycles. The fraction of sp³-hybridized carbons (Fsp3) is 0.600.